The normalized spacial score (nSPS) is 16.4. The van der Waals surface area contributed by atoms with Crippen LogP contribution in [0.25, 0.3) is 11.1 Å². The minimum Gasteiger partial charge on any atom is -0.356 e. The highest BCUT2D eigenvalue weighted by Gasteiger charge is 2.27. The lowest BCUT2D eigenvalue weighted by molar-refractivity contribution is -0.125. The summed E-state index contributed by atoms with van der Waals surface area (Å²) in [6.45, 7) is 12.2. The molecule has 0 unspecified atom stereocenters. The molecule has 2 aromatic rings. The molecule has 1 aliphatic rings. The summed E-state index contributed by atoms with van der Waals surface area (Å²) in [7, 11) is 0. The van der Waals surface area contributed by atoms with E-state index in [1.165, 1.54) is 18.4 Å². The van der Waals surface area contributed by atoms with Crippen molar-refractivity contribution in [1.29, 1.82) is 0 Å². The first kappa shape index (κ1) is 24.2. The van der Waals surface area contributed by atoms with Crippen LogP contribution in [0.5, 0.6) is 0 Å². The van der Waals surface area contributed by atoms with Gasteiger partial charge in [-0.1, -0.05) is 43.7 Å². The molecule has 2 heterocycles. The van der Waals surface area contributed by atoms with Crippen molar-refractivity contribution in [3.8, 4) is 11.1 Å². The highest BCUT2D eigenvalue weighted by molar-refractivity contribution is 5.79. The van der Waals surface area contributed by atoms with Gasteiger partial charge in [0.15, 0.2) is 0 Å². The third-order valence-electron chi connectivity index (χ3n) is 6.13. The Bertz CT molecular complexity index is 815. The van der Waals surface area contributed by atoms with Crippen molar-refractivity contribution in [3.05, 3.63) is 42.2 Å². The number of aromatic nitrogens is 2. The Labute approximate surface area is 193 Å². The molecule has 3 rings (SSSR count). The summed E-state index contributed by atoms with van der Waals surface area (Å²) >= 11 is 0. The summed E-state index contributed by atoms with van der Waals surface area (Å²) in [5, 5.41) is 3.17. The highest BCUT2D eigenvalue weighted by Crippen LogP contribution is 2.23. The average molecular weight is 438 g/mol. The predicted molar refractivity (Wildman–Crippen MR) is 132 cm³/mol. The molecule has 1 N–H and O–H groups in total. The first-order valence-electron chi connectivity index (χ1n) is 12.2. The molecular weight excluding hydrogens is 398 g/mol. The summed E-state index contributed by atoms with van der Waals surface area (Å²) in [6, 6.07) is 8.39. The molecule has 0 radical (unpaired) electrons. The van der Waals surface area contributed by atoms with Crippen LogP contribution in [0.15, 0.2) is 36.7 Å². The highest BCUT2D eigenvalue weighted by atomic mass is 16.1. The maximum atomic E-state index is 12.7. The number of piperidine rings is 1. The van der Waals surface area contributed by atoms with E-state index in [0.29, 0.717) is 12.5 Å². The molecule has 0 saturated carbocycles. The third kappa shape index (κ3) is 7.02. The van der Waals surface area contributed by atoms with Crippen LogP contribution in [0, 0.1) is 12.8 Å². The molecule has 1 atom stereocenters. The smallest absolute Gasteiger partial charge is 0.225 e. The lowest BCUT2D eigenvalue weighted by Gasteiger charge is -2.32. The molecule has 1 fully saturated rings. The van der Waals surface area contributed by atoms with E-state index in [4.69, 9.17) is 0 Å². The van der Waals surface area contributed by atoms with Crippen molar-refractivity contribution >= 4 is 11.9 Å². The van der Waals surface area contributed by atoms with Gasteiger partial charge in [0.25, 0.3) is 0 Å². The summed E-state index contributed by atoms with van der Waals surface area (Å²) < 4.78 is 0. The number of nitrogens with zero attached hydrogens (tertiary/aromatic N) is 4. The first-order chi connectivity index (χ1) is 15.6. The number of carbonyl (C=O) groups excluding carboxylic acids is 1. The fourth-order valence-electron chi connectivity index (χ4n) is 4.38. The number of hydrogen-bond donors (Lipinski definition) is 1. The predicted octanol–water partition coefficient (Wildman–Crippen LogP) is 4.30. The van der Waals surface area contributed by atoms with Crippen LogP contribution in [0.3, 0.4) is 0 Å². The van der Waals surface area contributed by atoms with Gasteiger partial charge in [0.2, 0.25) is 11.9 Å². The Morgan fingerprint density at radius 2 is 1.75 bits per heavy atom. The van der Waals surface area contributed by atoms with Crippen LogP contribution < -0.4 is 10.2 Å². The molecule has 0 aliphatic carbocycles. The number of benzene rings is 1. The van der Waals surface area contributed by atoms with Gasteiger partial charge in [0.1, 0.15) is 0 Å². The van der Waals surface area contributed by atoms with Crippen LogP contribution >= 0.6 is 0 Å². The molecule has 32 heavy (non-hydrogen) atoms. The molecule has 174 valence electrons. The quantitative estimate of drug-likeness (QED) is 0.531. The third-order valence-corrected chi connectivity index (χ3v) is 6.13. The fraction of sp³-hybridized carbons (Fsp3) is 0.577. The summed E-state index contributed by atoms with van der Waals surface area (Å²) in [5.41, 5.74) is 3.37. The second-order valence-corrected chi connectivity index (χ2v) is 8.91. The van der Waals surface area contributed by atoms with Crippen LogP contribution in [-0.4, -0.2) is 60.0 Å². The van der Waals surface area contributed by atoms with Gasteiger partial charge in [-0.25, -0.2) is 9.97 Å². The second-order valence-electron chi connectivity index (χ2n) is 8.91. The number of anilines is 1. The zero-order valence-corrected chi connectivity index (χ0v) is 20.0. The largest absolute Gasteiger partial charge is 0.356 e. The van der Waals surface area contributed by atoms with E-state index in [2.05, 4.69) is 70.1 Å². The minimum absolute atomic E-state index is 0.00603. The molecule has 6 heteroatoms. The van der Waals surface area contributed by atoms with Crippen LogP contribution in [0.4, 0.5) is 5.95 Å². The molecule has 1 saturated heterocycles. The number of carbonyl (C=O) groups is 1. The number of nitrogens with one attached hydrogen (secondary N) is 1. The Balaban J connectivity index is 1.48. The Hall–Kier alpha value is -2.47. The van der Waals surface area contributed by atoms with Crippen molar-refractivity contribution < 1.29 is 4.79 Å². The van der Waals surface area contributed by atoms with Crippen molar-refractivity contribution in [2.75, 3.05) is 44.2 Å². The van der Waals surface area contributed by atoms with E-state index in [9.17, 15) is 4.79 Å². The zero-order chi connectivity index (χ0) is 22.8. The topological polar surface area (TPSA) is 61.4 Å². The van der Waals surface area contributed by atoms with Crippen LogP contribution in [0.2, 0.25) is 0 Å². The van der Waals surface area contributed by atoms with Gasteiger partial charge in [-0.15, -0.1) is 0 Å². The van der Waals surface area contributed by atoms with Crippen molar-refractivity contribution in [1.82, 2.24) is 20.2 Å². The SMILES string of the molecule is CCCN(CCC)CCCNC(=O)[C@H]1CCCN(c2ncc(-c3ccc(C)cc3)cn2)C1. The van der Waals surface area contributed by atoms with Crippen LogP contribution in [-0.2, 0) is 4.79 Å². The van der Waals surface area contributed by atoms with Gasteiger partial charge in [0, 0.05) is 37.6 Å². The Kier molecular flexibility index (Phi) is 9.47. The average Bonchev–Trinajstić information content (AvgIpc) is 2.82. The van der Waals surface area contributed by atoms with Crippen molar-refractivity contribution in [2.24, 2.45) is 5.92 Å². The summed E-state index contributed by atoms with van der Waals surface area (Å²) in [4.78, 5) is 26.6. The minimum atomic E-state index is 0.00603. The molecule has 1 aromatic carbocycles. The van der Waals surface area contributed by atoms with Gasteiger partial charge in [-0.3, -0.25) is 4.79 Å². The summed E-state index contributed by atoms with van der Waals surface area (Å²) in [6.07, 6.45) is 9.05. The van der Waals surface area contributed by atoms with Crippen LogP contribution in [0.1, 0.15) is 51.5 Å². The monoisotopic (exact) mass is 437 g/mol. The van der Waals surface area contributed by atoms with E-state index in [1.807, 2.05) is 12.4 Å². The van der Waals surface area contributed by atoms with E-state index in [-0.39, 0.29) is 11.8 Å². The lowest BCUT2D eigenvalue weighted by Crippen LogP contribution is -2.44. The number of amides is 1. The molecular formula is C26H39N5O. The number of aryl methyl sites for hydroxylation is 1. The maximum Gasteiger partial charge on any atom is 0.225 e. The zero-order valence-electron chi connectivity index (χ0n) is 20.0. The molecule has 0 bridgehead atoms. The molecule has 1 aromatic heterocycles. The van der Waals surface area contributed by atoms with E-state index < -0.39 is 0 Å². The second kappa shape index (κ2) is 12.5. The summed E-state index contributed by atoms with van der Waals surface area (Å²) in [5.74, 6) is 0.892. The molecule has 1 amide bonds. The van der Waals surface area contributed by atoms with Crippen molar-refractivity contribution in [3.63, 3.8) is 0 Å². The van der Waals surface area contributed by atoms with Gasteiger partial charge in [-0.05, 0) is 64.2 Å². The van der Waals surface area contributed by atoms with Gasteiger partial charge < -0.3 is 15.1 Å². The van der Waals surface area contributed by atoms with E-state index in [1.54, 1.807) is 0 Å². The number of hydrogen-bond acceptors (Lipinski definition) is 5. The standard InChI is InChI=1S/C26H39N5O/c1-4-14-30(15-5-2)16-7-13-27-25(32)23-8-6-17-31(20-23)26-28-18-24(19-29-26)22-11-9-21(3)10-12-22/h9-12,18-19,23H,4-8,13-17,20H2,1-3H3,(H,27,32)/t23-/m0/s1. The first-order valence-corrected chi connectivity index (χ1v) is 12.2. The fourth-order valence-corrected chi connectivity index (χ4v) is 4.38. The van der Waals surface area contributed by atoms with Gasteiger partial charge >= 0.3 is 0 Å². The molecule has 0 spiro atoms. The van der Waals surface area contributed by atoms with Crippen molar-refractivity contribution in [2.45, 2.75) is 52.9 Å². The maximum absolute atomic E-state index is 12.7. The van der Waals surface area contributed by atoms with E-state index in [0.717, 1.165) is 63.1 Å². The molecule has 6 nitrogen and oxygen atoms in total. The number of rotatable bonds is 11. The van der Waals surface area contributed by atoms with Gasteiger partial charge in [0.05, 0.1) is 5.92 Å². The molecule has 1 aliphatic heterocycles. The Morgan fingerprint density at radius 1 is 1.06 bits per heavy atom. The Morgan fingerprint density at radius 3 is 2.41 bits per heavy atom. The van der Waals surface area contributed by atoms with Gasteiger partial charge in [-0.2, -0.15) is 0 Å². The van der Waals surface area contributed by atoms with E-state index >= 15 is 0 Å². The lowest BCUT2D eigenvalue weighted by atomic mass is 9.97.